The molecule has 1 atom stereocenters. The summed E-state index contributed by atoms with van der Waals surface area (Å²) in [5, 5.41) is 21.5. The van der Waals surface area contributed by atoms with Crippen molar-refractivity contribution in [3.05, 3.63) is 72.0 Å². The Bertz CT molecular complexity index is 1860. The van der Waals surface area contributed by atoms with E-state index in [1.54, 1.807) is 11.1 Å². The molecule has 4 aromatic heterocycles. The molecule has 5 heterocycles. The number of aromatic nitrogens is 5. The van der Waals surface area contributed by atoms with Gasteiger partial charge in [0.05, 0.1) is 42.3 Å². The highest BCUT2D eigenvalue weighted by Crippen LogP contribution is 2.47. The molecular formula is C31H30F2N6O3S. The standard InChI is InChI=1S/C31H30F2N6O3S/c1-5-26(41)37-7-8-38-24(18(37)4)14-23(36-38)30-28(27-22(33)12-20(32)13-25(27)42-10-9-40)31-21(6-11-43-31)29(35-30)19-15-34-39(16-19)17(2)3/h5-6,11-18,40H,1,7-10H2,2-4H3. The van der Waals surface area contributed by atoms with Gasteiger partial charge in [0.2, 0.25) is 5.91 Å². The number of rotatable bonds is 8. The molecule has 0 saturated carbocycles. The lowest BCUT2D eigenvalue weighted by Crippen LogP contribution is -2.40. The fourth-order valence-electron chi connectivity index (χ4n) is 5.50. The second-order valence-electron chi connectivity index (χ2n) is 10.6. The molecule has 1 aromatic carbocycles. The number of aliphatic hydroxyl groups is 1. The largest absolute Gasteiger partial charge is 0.490 e. The minimum Gasteiger partial charge on any atom is -0.490 e. The van der Waals surface area contributed by atoms with Crippen molar-refractivity contribution >= 4 is 27.3 Å². The smallest absolute Gasteiger partial charge is 0.246 e. The van der Waals surface area contributed by atoms with Gasteiger partial charge >= 0.3 is 0 Å². The number of ether oxygens (including phenoxy) is 1. The Morgan fingerprint density at radius 1 is 1.23 bits per heavy atom. The van der Waals surface area contributed by atoms with Gasteiger partial charge in [0.15, 0.2) is 0 Å². The Morgan fingerprint density at radius 3 is 2.77 bits per heavy atom. The highest BCUT2D eigenvalue weighted by atomic mass is 32.1. The van der Waals surface area contributed by atoms with E-state index in [-0.39, 0.29) is 42.5 Å². The Hall–Kier alpha value is -4.42. The van der Waals surface area contributed by atoms with Gasteiger partial charge in [-0.25, -0.2) is 13.8 Å². The molecule has 9 nitrogen and oxygen atoms in total. The van der Waals surface area contributed by atoms with Crippen molar-refractivity contribution in [2.45, 2.75) is 39.4 Å². The van der Waals surface area contributed by atoms with E-state index >= 15 is 4.39 Å². The van der Waals surface area contributed by atoms with Crippen molar-refractivity contribution in [2.75, 3.05) is 19.8 Å². The van der Waals surface area contributed by atoms with E-state index < -0.39 is 11.6 Å². The summed E-state index contributed by atoms with van der Waals surface area (Å²) in [6.07, 6.45) is 4.96. The summed E-state index contributed by atoms with van der Waals surface area (Å²) >= 11 is 1.40. The van der Waals surface area contributed by atoms with Gasteiger partial charge in [0.25, 0.3) is 0 Å². The van der Waals surface area contributed by atoms with Crippen LogP contribution in [0.3, 0.4) is 0 Å². The maximum atomic E-state index is 15.8. The molecule has 5 aromatic rings. The maximum absolute atomic E-state index is 15.8. The number of nitrogens with zero attached hydrogens (tertiary/aromatic N) is 6. The Balaban J connectivity index is 1.64. The molecule has 1 amide bonds. The number of fused-ring (bicyclic) bond motifs is 2. The van der Waals surface area contributed by atoms with Crippen molar-refractivity contribution in [1.29, 1.82) is 0 Å². The SMILES string of the molecule is C=CC(=O)N1CCn2nc(-c3nc(-c4cnn(C(C)C)c4)c4ccsc4c3-c3c(F)cc(F)cc3OCCO)cc2C1C. The first kappa shape index (κ1) is 28.7. The fraction of sp³-hybridized carbons (Fsp3) is 0.290. The molecule has 0 aliphatic carbocycles. The van der Waals surface area contributed by atoms with Crippen LogP contribution in [0.2, 0.25) is 0 Å². The first-order valence-electron chi connectivity index (χ1n) is 13.9. The van der Waals surface area contributed by atoms with Gasteiger partial charge in [-0.15, -0.1) is 11.3 Å². The molecule has 0 fully saturated rings. The van der Waals surface area contributed by atoms with Crippen molar-refractivity contribution in [2.24, 2.45) is 0 Å². The normalized spacial score (nSPS) is 14.9. The van der Waals surface area contributed by atoms with Crippen molar-refractivity contribution in [1.82, 2.24) is 29.4 Å². The Labute approximate surface area is 250 Å². The average molecular weight is 605 g/mol. The first-order chi connectivity index (χ1) is 20.7. The number of thiophene rings is 1. The van der Waals surface area contributed by atoms with Crippen molar-refractivity contribution in [3.8, 4) is 39.5 Å². The lowest BCUT2D eigenvalue weighted by Gasteiger charge is -2.33. The number of carbonyl (C=O) groups excluding carboxylic acids is 1. The van der Waals surface area contributed by atoms with E-state index in [1.807, 2.05) is 53.8 Å². The second-order valence-corrected chi connectivity index (χ2v) is 11.5. The van der Waals surface area contributed by atoms with Crippen molar-refractivity contribution in [3.63, 3.8) is 0 Å². The number of aliphatic hydroxyl groups excluding tert-OH is 1. The molecule has 0 saturated heterocycles. The molecule has 1 N–H and O–H groups in total. The van der Waals surface area contributed by atoms with Crippen LogP contribution in [0, 0.1) is 11.6 Å². The molecule has 1 aliphatic heterocycles. The third-order valence-corrected chi connectivity index (χ3v) is 8.52. The summed E-state index contributed by atoms with van der Waals surface area (Å²) in [6.45, 7) is 10.0. The highest BCUT2D eigenvalue weighted by Gasteiger charge is 2.31. The molecule has 0 spiro atoms. The van der Waals surface area contributed by atoms with Crippen LogP contribution in [-0.4, -0.2) is 60.2 Å². The molecule has 6 rings (SSSR count). The topological polar surface area (TPSA) is 98.3 Å². The summed E-state index contributed by atoms with van der Waals surface area (Å²) in [5.41, 5.74) is 3.48. The van der Waals surface area contributed by atoms with E-state index in [1.165, 1.54) is 17.4 Å². The summed E-state index contributed by atoms with van der Waals surface area (Å²) in [5.74, 6) is -1.86. The summed E-state index contributed by atoms with van der Waals surface area (Å²) in [6, 6.07) is 5.53. The van der Waals surface area contributed by atoms with Gasteiger partial charge in [0, 0.05) is 52.1 Å². The quantitative estimate of drug-likeness (QED) is 0.218. The van der Waals surface area contributed by atoms with Gasteiger partial charge in [0.1, 0.15) is 35.4 Å². The summed E-state index contributed by atoms with van der Waals surface area (Å²) in [7, 11) is 0. The molecular weight excluding hydrogens is 574 g/mol. The molecule has 12 heteroatoms. The van der Waals surface area contributed by atoms with Crippen LogP contribution in [0.25, 0.3) is 43.9 Å². The third kappa shape index (κ3) is 5.00. The molecule has 1 aliphatic rings. The van der Waals surface area contributed by atoms with Crippen LogP contribution in [0.1, 0.15) is 38.5 Å². The van der Waals surface area contributed by atoms with E-state index in [0.717, 1.165) is 28.8 Å². The van der Waals surface area contributed by atoms with Crippen LogP contribution < -0.4 is 4.74 Å². The summed E-state index contributed by atoms with van der Waals surface area (Å²) in [4.78, 5) is 19.3. The monoisotopic (exact) mass is 604 g/mol. The van der Waals surface area contributed by atoms with E-state index in [9.17, 15) is 14.3 Å². The highest BCUT2D eigenvalue weighted by molar-refractivity contribution is 7.18. The third-order valence-electron chi connectivity index (χ3n) is 7.59. The number of benzene rings is 1. The minimum atomic E-state index is -0.828. The lowest BCUT2D eigenvalue weighted by molar-refractivity contribution is -0.129. The number of hydrogen-bond acceptors (Lipinski definition) is 7. The summed E-state index contributed by atoms with van der Waals surface area (Å²) < 4.78 is 40.3. The fourth-order valence-corrected chi connectivity index (χ4v) is 6.45. The van der Waals surface area contributed by atoms with Crippen LogP contribution in [0.4, 0.5) is 8.78 Å². The predicted octanol–water partition coefficient (Wildman–Crippen LogP) is 6.01. The van der Waals surface area contributed by atoms with Gasteiger partial charge in [-0.3, -0.25) is 14.2 Å². The van der Waals surface area contributed by atoms with Crippen LogP contribution in [0.5, 0.6) is 5.75 Å². The lowest BCUT2D eigenvalue weighted by atomic mass is 9.97. The minimum absolute atomic E-state index is 0.0247. The van der Waals surface area contributed by atoms with Crippen LogP contribution in [0.15, 0.2) is 54.7 Å². The van der Waals surface area contributed by atoms with E-state index in [0.29, 0.717) is 40.4 Å². The average Bonchev–Trinajstić information content (AvgIpc) is 3.75. The van der Waals surface area contributed by atoms with Crippen molar-refractivity contribution < 1.29 is 23.4 Å². The van der Waals surface area contributed by atoms with Gasteiger partial charge in [-0.2, -0.15) is 10.2 Å². The predicted molar refractivity (Wildman–Crippen MR) is 161 cm³/mol. The zero-order valence-electron chi connectivity index (χ0n) is 23.9. The molecule has 0 radical (unpaired) electrons. The van der Waals surface area contributed by atoms with Gasteiger partial charge < -0.3 is 14.7 Å². The molecule has 0 bridgehead atoms. The van der Waals surface area contributed by atoms with E-state index in [4.69, 9.17) is 14.8 Å². The van der Waals surface area contributed by atoms with E-state index in [2.05, 4.69) is 11.7 Å². The van der Waals surface area contributed by atoms with Gasteiger partial charge in [-0.1, -0.05) is 6.58 Å². The second kappa shape index (κ2) is 11.3. The molecule has 1 unspecified atom stereocenters. The van der Waals surface area contributed by atoms with Crippen LogP contribution >= 0.6 is 11.3 Å². The number of carbonyl (C=O) groups is 1. The Morgan fingerprint density at radius 2 is 2.05 bits per heavy atom. The number of pyridine rings is 1. The first-order valence-corrected chi connectivity index (χ1v) is 14.8. The Kier molecular flexibility index (Phi) is 7.57. The number of hydrogen-bond donors (Lipinski definition) is 1. The zero-order valence-corrected chi connectivity index (χ0v) is 24.7. The maximum Gasteiger partial charge on any atom is 0.246 e. The van der Waals surface area contributed by atoms with Gasteiger partial charge in [-0.05, 0) is 44.4 Å². The van der Waals surface area contributed by atoms with Crippen LogP contribution in [-0.2, 0) is 11.3 Å². The number of halogens is 2. The molecule has 222 valence electrons. The molecule has 43 heavy (non-hydrogen) atoms. The number of amides is 1. The zero-order chi connectivity index (χ0) is 30.4.